The third kappa shape index (κ3) is 1.67. The van der Waals surface area contributed by atoms with Crippen LogP contribution < -0.4 is 5.32 Å². The van der Waals surface area contributed by atoms with Crippen molar-refractivity contribution in [3.8, 4) is 0 Å². The Morgan fingerprint density at radius 2 is 2.00 bits per heavy atom. The van der Waals surface area contributed by atoms with Crippen LogP contribution in [0.25, 0.3) is 0 Å². The van der Waals surface area contributed by atoms with Gasteiger partial charge in [0.05, 0.1) is 25.2 Å². The van der Waals surface area contributed by atoms with Crippen LogP contribution in [0, 0.1) is 11.3 Å². The number of hydrogen-bond donors (Lipinski definition) is 1. The summed E-state index contributed by atoms with van der Waals surface area (Å²) in [4.78, 5) is 11.6. The van der Waals surface area contributed by atoms with E-state index in [0.717, 1.165) is 36.4 Å². The van der Waals surface area contributed by atoms with Crippen molar-refractivity contribution in [2.75, 3.05) is 14.2 Å². The Bertz CT molecular complexity index is 690. The quantitative estimate of drug-likeness (QED) is 0.851. The van der Waals surface area contributed by atoms with Crippen molar-refractivity contribution in [1.82, 2.24) is 5.32 Å². The molecule has 0 radical (unpaired) electrons. The Morgan fingerprint density at radius 1 is 1.23 bits per heavy atom. The van der Waals surface area contributed by atoms with Crippen molar-refractivity contribution in [1.29, 1.82) is 0 Å². The molecule has 0 bridgehead atoms. The maximum atomic E-state index is 11.6. The minimum atomic E-state index is -0.337. The van der Waals surface area contributed by atoms with Crippen LogP contribution in [0.15, 0.2) is 58.9 Å². The summed E-state index contributed by atoms with van der Waals surface area (Å²) in [6.45, 7) is 0. The van der Waals surface area contributed by atoms with E-state index in [0.29, 0.717) is 5.92 Å². The summed E-state index contributed by atoms with van der Waals surface area (Å²) in [6, 6.07) is 0. The molecule has 0 aromatic carbocycles. The first-order valence-electron chi connectivity index (χ1n) is 7.64. The van der Waals surface area contributed by atoms with Crippen LogP contribution in [0.1, 0.15) is 19.3 Å². The molecule has 0 saturated carbocycles. The number of nitrogens with one attached hydrogen (secondary N) is 1. The molecule has 4 nitrogen and oxygen atoms in total. The molecule has 1 aliphatic heterocycles. The van der Waals surface area contributed by atoms with E-state index in [2.05, 4.69) is 5.32 Å². The Hall–Kier alpha value is -2.23. The lowest BCUT2D eigenvalue weighted by Crippen LogP contribution is -2.34. The first-order chi connectivity index (χ1) is 10.7. The van der Waals surface area contributed by atoms with E-state index in [1.54, 1.807) is 26.4 Å². The van der Waals surface area contributed by atoms with Crippen LogP contribution in [0.5, 0.6) is 0 Å². The van der Waals surface area contributed by atoms with E-state index in [9.17, 15) is 4.79 Å². The summed E-state index contributed by atoms with van der Waals surface area (Å²) in [5, 5.41) is 3.37. The van der Waals surface area contributed by atoms with E-state index in [4.69, 9.17) is 9.47 Å². The lowest BCUT2D eigenvalue weighted by atomic mass is 9.66. The third-order valence-corrected chi connectivity index (χ3v) is 5.12. The van der Waals surface area contributed by atoms with E-state index in [-0.39, 0.29) is 11.2 Å². The van der Waals surface area contributed by atoms with Crippen LogP contribution in [-0.4, -0.2) is 20.0 Å². The normalized spacial score (nSPS) is 27.8. The molecule has 0 amide bonds. The number of carbonyl (C=O) groups is 1. The summed E-state index contributed by atoms with van der Waals surface area (Å²) in [6.07, 6.45) is 12.3. The monoisotopic (exact) mass is 297 g/mol. The summed E-state index contributed by atoms with van der Waals surface area (Å²) >= 11 is 0. The van der Waals surface area contributed by atoms with Gasteiger partial charge in [-0.1, -0.05) is 12.2 Å². The van der Waals surface area contributed by atoms with E-state index < -0.39 is 0 Å². The minimum Gasteiger partial charge on any atom is -0.499 e. The van der Waals surface area contributed by atoms with Gasteiger partial charge >= 0.3 is 0 Å². The summed E-state index contributed by atoms with van der Waals surface area (Å²) < 4.78 is 11.4. The van der Waals surface area contributed by atoms with Gasteiger partial charge in [0, 0.05) is 11.9 Å². The predicted octanol–water partition coefficient (Wildman–Crippen LogP) is 2.73. The minimum absolute atomic E-state index is 0.0346. The Morgan fingerprint density at radius 3 is 2.68 bits per heavy atom. The highest BCUT2D eigenvalue weighted by Gasteiger charge is 2.48. The number of carbonyl (C=O) groups excluding carboxylic acids is 1. The van der Waals surface area contributed by atoms with Gasteiger partial charge in [0.25, 0.3) is 0 Å². The van der Waals surface area contributed by atoms with E-state index >= 15 is 0 Å². The van der Waals surface area contributed by atoms with Gasteiger partial charge in [-0.3, -0.25) is 4.79 Å². The van der Waals surface area contributed by atoms with Crippen LogP contribution in [0.4, 0.5) is 0 Å². The van der Waals surface area contributed by atoms with Crippen LogP contribution in [-0.2, 0) is 14.3 Å². The second-order valence-electron chi connectivity index (χ2n) is 6.21. The summed E-state index contributed by atoms with van der Waals surface area (Å²) in [7, 11) is 3.38. The molecule has 3 aliphatic carbocycles. The predicted molar refractivity (Wildman–Crippen MR) is 82.3 cm³/mol. The Balaban J connectivity index is 1.95. The zero-order valence-corrected chi connectivity index (χ0v) is 12.8. The van der Waals surface area contributed by atoms with Crippen LogP contribution in [0.3, 0.4) is 0 Å². The smallest absolute Gasteiger partial charge is 0.178 e. The largest absolute Gasteiger partial charge is 0.499 e. The number of rotatable bonds is 2. The molecule has 0 aromatic rings. The average molecular weight is 297 g/mol. The maximum absolute atomic E-state index is 11.6. The molecule has 4 aliphatic rings. The van der Waals surface area contributed by atoms with Crippen molar-refractivity contribution in [2.45, 2.75) is 19.3 Å². The van der Waals surface area contributed by atoms with E-state index in [1.807, 2.05) is 18.4 Å². The molecule has 1 spiro atoms. The number of allylic oxidation sites excluding steroid dienone is 5. The van der Waals surface area contributed by atoms with Gasteiger partial charge in [0.15, 0.2) is 5.78 Å². The van der Waals surface area contributed by atoms with Crippen molar-refractivity contribution in [2.24, 2.45) is 11.3 Å². The molecule has 22 heavy (non-hydrogen) atoms. The molecule has 1 N–H and O–H groups in total. The maximum Gasteiger partial charge on any atom is 0.178 e. The van der Waals surface area contributed by atoms with Gasteiger partial charge in [-0.05, 0) is 42.9 Å². The van der Waals surface area contributed by atoms with E-state index in [1.165, 1.54) is 11.3 Å². The topological polar surface area (TPSA) is 47.6 Å². The lowest BCUT2D eigenvalue weighted by molar-refractivity contribution is -0.110. The van der Waals surface area contributed by atoms with Crippen molar-refractivity contribution < 1.29 is 14.3 Å². The Kier molecular flexibility index (Phi) is 2.83. The lowest BCUT2D eigenvalue weighted by Gasteiger charge is -2.41. The number of ketones is 1. The van der Waals surface area contributed by atoms with Gasteiger partial charge in [0.1, 0.15) is 11.5 Å². The van der Waals surface area contributed by atoms with Gasteiger partial charge in [0.2, 0.25) is 0 Å². The zero-order chi connectivity index (χ0) is 15.3. The van der Waals surface area contributed by atoms with Crippen LogP contribution in [0.2, 0.25) is 0 Å². The second kappa shape index (κ2) is 4.63. The van der Waals surface area contributed by atoms with Crippen molar-refractivity contribution in [3.63, 3.8) is 0 Å². The molecule has 114 valence electrons. The molecule has 1 heterocycles. The van der Waals surface area contributed by atoms with Crippen LogP contribution >= 0.6 is 0 Å². The highest BCUT2D eigenvalue weighted by molar-refractivity contribution is 6.00. The number of methoxy groups -OCH3 is 2. The second-order valence-corrected chi connectivity index (χ2v) is 6.21. The first-order valence-corrected chi connectivity index (χ1v) is 7.64. The van der Waals surface area contributed by atoms with Crippen molar-refractivity contribution >= 4 is 5.78 Å². The molecule has 1 unspecified atom stereocenters. The van der Waals surface area contributed by atoms with Gasteiger partial charge in [-0.15, -0.1) is 0 Å². The third-order valence-electron chi connectivity index (χ3n) is 5.12. The summed E-state index contributed by atoms with van der Waals surface area (Å²) in [5.41, 5.74) is 3.35. The summed E-state index contributed by atoms with van der Waals surface area (Å²) in [5.74, 6) is 2.19. The molecular weight excluding hydrogens is 278 g/mol. The molecule has 0 saturated heterocycles. The SMILES string of the molecule is COC1=CNC2=C3C1=C(OC)C1(C=CC(=O)C=C1)CC3CC2. The standard InChI is InChI=1S/C18H19NO3/c1-21-14-10-19-13-4-3-11-9-18(7-5-12(20)6-8-18)17(22-2)16(14)15(11)13/h5-8,10-11,19H,3-4,9H2,1-2H3. The zero-order valence-electron chi connectivity index (χ0n) is 12.8. The molecule has 0 fully saturated rings. The highest BCUT2D eigenvalue weighted by Crippen LogP contribution is 2.56. The average Bonchev–Trinajstić information content (AvgIpc) is 2.94. The van der Waals surface area contributed by atoms with Gasteiger partial charge in [-0.2, -0.15) is 0 Å². The number of ether oxygens (including phenoxy) is 2. The first kappa shape index (κ1) is 13.4. The Labute approximate surface area is 129 Å². The van der Waals surface area contributed by atoms with Gasteiger partial charge in [-0.25, -0.2) is 0 Å². The fourth-order valence-electron chi connectivity index (χ4n) is 4.19. The number of dihydropyridines is 1. The number of hydrogen-bond acceptors (Lipinski definition) is 4. The molecule has 4 heteroatoms. The molecular formula is C18H19NO3. The van der Waals surface area contributed by atoms with Gasteiger partial charge < -0.3 is 14.8 Å². The fourth-order valence-corrected chi connectivity index (χ4v) is 4.19. The highest BCUT2D eigenvalue weighted by atomic mass is 16.5. The molecule has 1 atom stereocenters. The van der Waals surface area contributed by atoms with Crippen molar-refractivity contribution in [3.05, 3.63) is 58.9 Å². The molecule has 0 aromatic heterocycles. The fraction of sp³-hybridized carbons (Fsp3) is 0.389. The molecule has 4 rings (SSSR count).